The molecule has 1 aromatic carbocycles. The number of nitrogens with one attached hydrogen (secondary N) is 2. The van der Waals surface area contributed by atoms with Crippen LogP contribution in [0.25, 0.3) is 0 Å². The molecule has 4 heterocycles. The van der Waals surface area contributed by atoms with Crippen molar-refractivity contribution in [2.45, 2.75) is 95.7 Å². The van der Waals surface area contributed by atoms with Gasteiger partial charge in [0.05, 0.1) is 25.3 Å². The highest BCUT2D eigenvalue weighted by atomic mass is 32.1. The number of hydrogen-bond donors (Lipinski definition) is 3. The Morgan fingerprint density at radius 1 is 1.22 bits per heavy atom. The minimum Gasteiger partial charge on any atom is -0.471 e. The standard InChI is InChI=1S/C35H46FN5O4S/c1-34(2,3)17-24-15-26-28(18-35(9-4-10-35)45-33(26)39-19-24)38-20-29(42)27(16-23-5-7-25(36)8-6-23)40-32(43)30-21-41(12-13-44-30)22-31-37-11-14-46-31/h5-8,11,14-15,19,27-30,38,42H,4,9-10,12-13,16-18,20-22H2,1-3H3,(H,40,43)/t27-,28-,29-,30-/m0/s1. The molecule has 1 spiro atoms. The van der Waals surface area contributed by atoms with Crippen LogP contribution in [0.2, 0.25) is 0 Å². The molecule has 0 unspecified atom stereocenters. The first-order valence-corrected chi connectivity index (χ1v) is 17.3. The fourth-order valence-electron chi connectivity index (χ4n) is 6.71. The van der Waals surface area contributed by atoms with Gasteiger partial charge < -0.3 is 25.2 Å². The lowest BCUT2D eigenvalue weighted by Crippen LogP contribution is -2.56. The molecule has 1 saturated heterocycles. The van der Waals surface area contributed by atoms with Crippen molar-refractivity contribution in [3.05, 3.63) is 75.6 Å². The second kappa shape index (κ2) is 14.0. The number of morpholine rings is 1. The molecule has 0 radical (unpaired) electrons. The number of fused-ring (bicyclic) bond motifs is 1. The first-order chi connectivity index (χ1) is 22.0. The quantitative estimate of drug-likeness (QED) is 0.277. The van der Waals surface area contributed by atoms with Crippen molar-refractivity contribution in [2.75, 3.05) is 26.2 Å². The summed E-state index contributed by atoms with van der Waals surface area (Å²) in [4.78, 5) is 24.8. The predicted molar refractivity (Wildman–Crippen MR) is 175 cm³/mol. The molecular formula is C35H46FN5O4S. The third-order valence-corrected chi connectivity index (χ3v) is 9.98. The Kier molecular flexibility index (Phi) is 10.1. The zero-order valence-electron chi connectivity index (χ0n) is 27.0. The predicted octanol–water partition coefficient (Wildman–Crippen LogP) is 4.59. The van der Waals surface area contributed by atoms with Crippen LogP contribution in [0.1, 0.15) is 74.2 Å². The van der Waals surface area contributed by atoms with Gasteiger partial charge in [-0.1, -0.05) is 32.9 Å². The van der Waals surface area contributed by atoms with Gasteiger partial charge in [0.15, 0.2) is 0 Å². The molecule has 2 aromatic heterocycles. The molecule has 3 N–H and O–H groups in total. The topological polar surface area (TPSA) is 109 Å². The van der Waals surface area contributed by atoms with Crippen molar-refractivity contribution in [1.29, 1.82) is 0 Å². The van der Waals surface area contributed by atoms with Crippen LogP contribution in [0, 0.1) is 11.2 Å². The number of halogens is 1. The van der Waals surface area contributed by atoms with Crippen LogP contribution in [0.15, 0.2) is 48.1 Å². The molecule has 1 aliphatic carbocycles. The Labute approximate surface area is 274 Å². The molecule has 2 aliphatic heterocycles. The van der Waals surface area contributed by atoms with Crippen molar-refractivity contribution in [3.63, 3.8) is 0 Å². The third-order valence-electron chi connectivity index (χ3n) is 9.22. The first kappa shape index (κ1) is 33.0. The summed E-state index contributed by atoms with van der Waals surface area (Å²) in [6.07, 6.45) is 7.26. The lowest BCUT2D eigenvalue weighted by Gasteiger charge is -2.47. The van der Waals surface area contributed by atoms with E-state index < -0.39 is 18.2 Å². The Balaban J connectivity index is 1.16. The van der Waals surface area contributed by atoms with Crippen molar-refractivity contribution in [3.8, 4) is 5.88 Å². The van der Waals surface area contributed by atoms with Gasteiger partial charge in [0.2, 0.25) is 5.88 Å². The number of aliphatic hydroxyl groups is 1. The zero-order valence-corrected chi connectivity index (χ0v) is 27.8. The van der Waals surface area contributed by atoms with Gasteiger partial charge in [-0.2, -0.15) is 0 Å². The van der Waals surface area contributed by atoms with E-state index in [1.165, 1.54) is 12.1 Å². The van der Waals surface area contributed by atoms with Crippen molar-refractivity contribution >= 4 is 17.2 Å². The van der Waals surface area contributed by atoms with Gasteiger partial charge in [-0.15, -0.1) is 11.3 Å². The van der Waals surface area contributed by atoms with Crippen LogP contribution in [-0.4, -0.2) is 76.0 Å². The van der Waals surface area contributed by atoms with E-state index in [1.807, 2.05) is 11.6 Å². The Morgan fingerprint density at radius 2 is 2.02 bits per heavy atom. The Hall–Kier alpha value is -2.96. The second-order valence-electron chi connectivity index (χ2n) is 14.3. The molecule has 1 saturated carbocycles. The lowest BCUT2D eigenvalue weighted by atomic mass is 9.73. The van der Waals surface area contributed by atoms with Crippen LogP contribution in [0.5, 0.6) is 5.88 Å². The molecule has 3 aliphatic rings. The highest BCUT2D eigenvalue weighted by molar-refractivity contribution is 7.09. The summed E-state index contributed by atoms with van der Waals surface area (Å²) in [5.41, 5.74) is 2.89. The summed E-state index contributed by atoms with van der Waals surface area (Å²) in [7, 11) is 0. The van der Waals surface area contributed by atoms with E-state index in [0.717, 1.165) is 60.3 Å². The van der Waals surface area contributed by atoms with Crippen LogP contribution >= 0.6 is 11.3 Å². The summed E-state index contributed by atoms with van der Waals surface area (Å²) >= 11 is 1.59. The smallest absolute Gasteiger partial charge is 0.250 e. The maximum Gasteiger partial charge on any atom is 0.250 e. The van der Waals surface area contributed by atoms with E-state index >= 15 is 0 Å². The Bertz CT molecular complexity index is 1460. The van der Waals surface area contributed by atoms with Gasteiger partial charge in [-0.3, -0.25) is 9.69 Å². The van der Waals surface area contributed by atoms with Gasteiger partial charge in [0.1, 0.15) is 22.5 Å². The minimum absolute atomic E-state index is 0.0469. The zero-order chi connectivity index (χ0) is 32.3. The summed E-state index contributed by atoms with van der Waals surface area (Å²) in [5, 5.41) is 21.3. The molecule has 4 atom stereocenters. The summed E-state index contributed by atoms with van der Waals surface area (Å²) in [6.45, 7) is 9.14. The van der Waals surface area contributed by atoms with Crippen molar-refractivity contribution < 1.29 is 23.8 Å². The van der Waals surface area contributed by atoms with Crippen LogP contribution in [0.4, 0.5) is 4.39 Å². The summed E-state index contributed by atoms with van der Waals surface area (Å²) in [5.74, 6) is 0.0735. The number of rotatable bonds is 11. The number of nitrogens with zero attached hydrogens (tertiary/aromatic N) is 3. The van der Waals surface area contributed by atoms with Gasteiger partial charge >= 0.3 is 0 Å². The average molecular weight is 652 g/mol. The highest BCUT2D eigenvalue weighted by Gasteiger charge is 2.46. The first-order valence-electron chi connectivity index (χ1n) is 16.4. The number of carbonyl (C=O) groups excluding carboxylic acids is 1. The number of aliphatic hydroxyl groups excluding tert-OH is 1. The number of ether oxygens (including phenoxy) is 2. The number of hydrogen-bond acceptors (Lipinski definition) is 9. The number of benzene rings is 1. The van der Waals surface area contributed by atoms with Crippen LogP contribution in [0.3, 0.4) is 0 Å². The molecule has 6 rings (SSSR count). The van der Waals surface area contributed by atoms with E-state index in [0.29, 0.717) is 32.0 Å². The Morgan fingerprint density at radius 3 is 2.72 bits per heavy atom. The molecular weight excluding hydrogens is 605 g/mol. The maximum atomic E-state index is 13.7. The minimum atomic E-state index is -0.918. The molecule has 0 bridgehead atoms. The number of pyridine rings is 1. The molecule has 46 heavy (non-hydrogen) atoms. The van der Waals surface area contributed by atoms with Gasteiger partial charge in [-0.05, 0) is 66.8 Å². The highest BCUT2D eigenvalue weighted by Crippen LogP contribution is 2.48. The number of carbonyl (C=O) groups is 1. The summed E-state index contributed by atoms with van der Waals surface area (Å²) < 4.78 is 26.0. The van der Waals surface area contributed by atoms with Crippen molar-refractivity contribution in [2.24, 2.45) is 5.41 Å². The normalized spacial score (nSPS) is 22.4. The molecule has 3 aromatic rings. The van der Waals surface area contributed by atoms with Gasteiger partial charge in [-0.25, -0.2) is 14.4 Å². The molecule has 1 amide bonds. The molecule has 2 fully saturated rings. The summed E-state index contributed by atoms with van der Waals surface area (Å²) in [6, 6.07) is 7.72. The molecule has 11 heteroatoms. The SMILES string of the molecule is CC(C)(C)Cc1cnc2c(c1)[C@@H](NC[C@H](O)[C@H](Cc1ccc(F)cc1)NC(=O)[C@@H]1CN(Cc3nccs3)CCO1)CC1(CCC1)O2. The van der Waals surface area contributed by atoms with E-state index in [-0.39, 0.29) is 35.3 Å². The fraction of sp³-hybridized carbons (Fsp3) is 0.571. The van der Waals surface area contributed by atoms with Crippen LogP contribution < -0.4 is 15.4 Å². The van der Waals surface area contributed by atoms with E-state index in [4.69, 9.17) is 14.5 Å². The van der Waals surface area contributed by atoms with Crippen molar-refractivity contribution in [1.82, 2.24) is 25.5 Å². The van der Waals surface area contributed by atoms with Crippen LogP contribution in [-0.2, 0) is 28.9 Å². The van der Waals surface area contributed by atoms with Gasteiger partial charge in [0.25, 0.3) is 5.91 Å². The van der Waals surface area contributed by atoms with Gasteiger partial charge in [0, 0.05) is 55.4 Å². The molecule has 248 valence electrons. The average Bonchev–Trinajstić information content (AvgIpc) is 3.52. The fourth-order valence-corrected chi connectivity index (χ4v) is 7.37. The largest absolute Gasteiger partial charge is 0.471 e. The second-order valence-corrected chi connectivity index (χ2v) is 15.3. The number of amides is 1. The number of aromatic nitrogens is 2. The molecule has 9 nitrogen and oxygen atoms in total. The lowest BCUT2D eigenvalue weighted by molar-refractivity contribution is -0.140. The van der Waals surface area contributed by atoms with E-state index in [1.54, 1.807) is 29.7 Å². The number of thiazole rings is 1. The van der Waals surface area contributed by atoms with E-state index in [9.17, 15) is 14.3 Å². The van der Waals surface area contributed by atoms with E-state index in [2.05, 4.69) is 47.4 Å². The third kappa shape index (κ3) is 8.30. The monoisotopic (exact) mass is 651 g/mol. The maximum absolute atomic E-state index is 13.7.